The van der Waals surface area contributed by atoms with Crippen LogP contribution < -0.4 is 5.32 Å². The van der Waals surface area contributed by atoms with E-state index in [1.165, 1.54) is 0 Å². The van der Waals surface area contributed by atoms with E-state index in [9.17, 15) is 9.59 Å². The molecule has 0 aliphatic heterocycles. The zero-order chi connectivity index (χ0) is 22.2. The summed E-state index contributed by atoms with van der Waals surface area (Å²) in [7, 11) is 1.77. The van der Waals surface area contributed by atoms with E-state index in [1.807, 2.05) is 66.7 Å². The maximum Gasteiger partial charge on any atom is 0.317 e. The van der Waals surface area contributed by atoms with Crippen molar-refractivity contribution in [2.24, 2.45) is 0 Å². The summed E-state index contributed by atoms with van der Waals surface area (Å²) < 4.78 is 0. The lowest BCUT2D eigenvalue weighted by molar-refractivity contribution is -0.138. The first-order valence-electron chi connectivity index (χ1n) is 10.0. The molecule has 5 nitrogen and oxygen atoms in total. The Hall–Kier alpha value is -3.15. The maximum atomic E-state index is 12.9. The molecule has 1 amide bonds. The van der Waals surface area contributed by atoms with Gasteiger partial charge in [-0.2, -0.15) is 0 Å². The van der Waals surface area contributed by atoms with Crippen LogP contribution in [0.3, 0.4) is 0 Å². The number of hydrogen-bond donors (Lipinski definition) is 2. The number of carbonyl (C=O) groups excluding carboxylic acids is 1. The quantitative estimate of drug-likeness (QED) is 0.518. The van der Waals surface area contributed by atoms with Crippen molar-refractivity contribution < 1.29 is 14.7 Å². The molecule has 0 heterocycles. The number of rotatable bonds is 9. The SMILES string of the molecule is CN(CC(=O)O)Cc1ccc(CCNC(=O)c2c(Cl)cccc2-c2ccccc2)cc1. The summed E-state index contributed by atoms with van der Waals surface area (Å²) in [6.07, 6.45) is 0.683. The molecule has 3 rings (SSSR count). The average molecular weight is 437 g/mol. The number of aliphatic carboxylic acids is 1. The third kappa shape index (κ3) is 6.41. The van der Waals surface area contributed by atoms with Gasteiger partial charge in [0.2, 0.25) is 0 Å². The van der Waals surface area contributed by atoms with Crippen LogP contribution in [0.5, 0.6) is 0 Å². The van der Waals surface area contributed by atoms with Crippen LogP contribution >= 0.6 is 11.6 Å². The molecule has 0 radical (unpaired) electrons. The van der Waals surface area contributed by atoms with Crippen LogP contribution in [0.15, 0.2) is 72.8 Å². The predicted molar refractivity (Wildman–Crippen MR) is 123 cm³/mol. The van der Waals surface area contributed by atoms with Gasteiger partial charge in [-0.05, 0) is 41.8 Å². The zero-order valence-electron chi connectivity index (χ0n) is 17.3. The van der Waals surface area contributed by atoms with Gasteiger partial charge in [-0.3, -0.25) is 14.5 Å². The largest absolute Gasteiger partial charge is 0.480 e. The molecule has 0 saturated carbocycles. The van der Waals surface area contributed by atoms with Crippen LogP contribution in [0.25, 0.3) is 11.1 Å². The van der Waals surface area contributed by atoms with Crippen molar-refractivity contribution in [3.05, 3.63) is 94.5 Å². The smallest absolute Gasteiger partial charge is 0.317 e. The molecule has 0 aromatic heterocycles. The molecule has 160 valence electrons. The van der Waals surface area contributed by atoms with Gasteiger partial charge in [0.05, 0.1) is 17.1 Å². The molecule has 0 aliphatic carbocycles. The second kappa shape index (κ2) is 10.8. The predicted octanol–water partition coefficient (Wildman–Crippen LogP) is 4.50. The van der Waals surface area contributed by atoms with Crippen LogP contribution in [0.2, 0.25) is 5.02 Å². The topological polar surface area (TPSA) is 69.6 Å². The van der Waals surface area contributed by atoms with E-state index in [0.717, 1.165) is 22.3 Å². The number of nitrogens with zero attached hydrogens (tertiary/aromatic N) is 1. The van der Waals surface area contributed by atoms with Crippen molar-refractivity contribution in [1.82, 2.24) is 10.2 Å². The fourth-order valence-electron chi connectivity index (χ4n) is 3.43. The molecular formula is C25H25ClN2O3. The highest BCUT2D eigenvalue weighted by Crippen LogP contribution is 2.29. The van der Waals surface area contributed by atoms with Crippen LogP contribution in [0, 0.1) is 0 Å². The van der Waals surface area contributed by atoms with E-state index >= 15 is 0 Å². The highest BCUT2D eigenvalue weighted by atomic mass is 35.5. The van der Waals surface area contributed by atoms with Crippen molar-refractivity contribution in [3.8, 4) is 11.1 Å². The second-order valence-electron chi connectivity index (χ2n) is 7.42. The monoisotopic (exact) mass is 436 g/mol. The summed E-state index contributed by atoms with van der Waals surface area (Å²) in [5.74, 6) is -1.04. The summed E-state index contributed by atoms with van der Waals surface area (Å²) in [6, 6.07) is 23.1. The van der Waals surface area contributed by atoms with Gasteiger partial charge in [-0.1, -0.05) is 78.3 Å². The number of nitrogens with one attached hydrogen (secondary N) is 1. The summed E-state index contributed by atoms with van der Waals surface area (Å²) in [6.45, 7) is 1.05. The second-order valence-corrected chi connectivity index (χ2v) is 7.82. The molecule has 3 aromatic rings. The molecule has 0 unspecified atom stereocenters. The molecule has 0 spiro atoms. The lowest BCUT2D eigenvalue weighted by Gasteiger charge is -2.14. The van der Waals surface area contributed by atoms with E-state index < -0.39 is 5.97 Å². The van der Waals surface area contributed by atoms with E-state index in [1.54, 1.807) is 18.0 Å². The molecule has 31 heavy (non-hydrogen) atoms. The summed E-state index contributed by atoms with van der Waals surface area (Å²) in [5, 5.41) is 12.2. The molecule has 2 N–H and O–H groups in total. The molecule has 6 heteroatoms. The Balaban J connectivity index is 1.59. The van der Waals surface area contributed by atoms with Gasteiger partial charge < -0.3 is 10.4 Å². The van der Waals surface area contributed by atoms with Gasteiger partial charge in [-0.15, -0.1) is 0 Å². The highest BCUT2D eigenvalue weighted by Gasteiger charge is 2.16. The van der Waals surface area contributed by atoms with E-state index in [2.05, 4.69) is 5.32 Å². The van der Waals surface area contributed by atoms with Gasteiger partial charge in [0.1, 0.15) is 0 Å². The number of carboxylic acids is 1. The number of amides is 1. The van der Waals surface area contributed by atoms with Gasteiger partial charge in [0.25, 0.3) is 5.91 Å². The van der Waals surface area contributed by atoms with Crippen molar-refractivity contribution >= 4 is 23.5 Å². The maximum absolute atomic E-state index is 12.9. The Kier molecular flexibility index (Phi) is 7.82. The molecule has 0 atom stereocenters. The third-order valence-electron chi connectivity index (χ3n) is 4.91. The fraction of sp³-hybridized carbons (Fsp3) is 0.200. The standard InChI is InChI=1S/C25H25ClN2O3/c1-28(17-23(29)30)16-19-12-10-18(11-13-19)14-15-27-25(31)24-21(8-5-9-22(24)26)20-6-3-2-4-7-20/h2-13H,14-17H2,1H3,(H,27,31)(H,29,30). The van der Waals surface area contributed by atoms with Gasteiger partial charge >= 0.3 is 5.97 Å². The number of likely N-dealkylation sites (N-methyl/N-ethyl adjacent to an activating group) is 1. The molecular weight excluding hydrogens is 412 g/mol. The Labute approximate surface area is 187 Å². The van der Waals surface area contributed by atoms with Crippen molar-refractivity contribution in [2.75, 3.05) is 20.1 Å². The average Bonchev–Trinajstić information content (AvgIpc) is 2.74. The first-order chi connectivity index (χ1) is 14.9. The summed E-state index contributed by atoms with van der Waals surface area (Å²) in [5.41, 5.74) is 4.36. The van der Waals surface area contributed by atoms with E-state index in [0.29, 0.717) is 30.1 Å². The Morgan fingerprint density at radius 3 is 2.29 bits per heavy atom. The first-order valence-corrected chi connectivity index (χ1v) is 10.4. The van der Waals surface area contributed by atoms with E-state index in [4.69, 9.17) is 16.7 Å². The number of benzene rings is 3. The van der Waals surface area contributed by atoms with Crippen LogP contribution in [-0.2, 0) is 17.8 Å². The minimum atomic E-state index is -0.844. The van der Waals surface area contributed by atoms with Crippen LogP contribution in [0.4, 0.5) is 0 Å². The third-order valence-corrected chi connectivity index (χ3v) is 5.22. The number of carboxylic acid groups (broad SMARTS) is 1. The molecule has 0 fully saturated rings. The van der Waals surface area contributed by atoms with Crippen molar-refractivity contribution in [3.63, 3.8) is 0 Å². The van der Waals surface area contributed by atoms with Gasteiger partial charge in [0, 0.05) is 13.1 Å². The number of halogens is 1. The Bertz CT molecular complexity index is 1040. The molecule has 0 bridgehead atoms. The lowest BCUT2D eigenvalue weighted by Crippen LogP contribution is -2.26. The normalized spacial score (nSPS) is 10.8. The number of carbonyl (C=O) groups is 2. The van der Waals surface area contributed by atoms with Gasteiger partial charge in [0.15, 0.2) is 0 Å². The molecule has 0 saturated heterocycles. The molecule has 3 aromatic carbocycles. The van der Waals surface area contributed by atoms with Crippen LogP contribution in [-0.4, -0.2) is 42.0 Å². The van der Waals surface area contributed by atoms with E-state index in [-0.39, 0.29) is 12.5 Å². The lowest BCUT2D eigenvalue weighted by atomic mass is 9.99. The van der Waals surface area contributed by atoms with Crippen molar-refractivity contribution in [1.29, 1.82) is 0 Å². The first kappa shape index (κ1) is 22.5. The summed E-state index contributed by atoms with van der Waals surface area (Å²) in [4.78, 5) is 25.4. The summed E-state index contributed by atoms with van der Waals surface area (Å²) >= 11 is 6.36. The molecule has 0 aliphatic rings. The van der Waals surface area contributed by atoms with Crippen LogP contribution in [0.1, 0.15) is 21.5 Å². The highest BCUT2D eigenvalue weighted by molar-refractivity contribution is 6.34. The fourth-order valence-corrected chi connectivity index (χ4v) is 3.69. The zero-order valence-corrected chi connectivity index (χ0v) is 18.1. The number of hydrogen-bond acceptors (Lipinski definition) is 3. The Morgan fingerprint density at radius 2 is 1.61 bits per heavy atom. The minimum absolute atomic E-state index is 0.000792. The van der Waals surface area contributed by atoms with Crippen molar-refractivity contribution in [2.45, 2.75) is 13.0 Å². The Morgan fingerprint density at radius 1 is 0.935 bits per heavy atom. The van der Waals surface area contributed by atoms with Gasteiger partial charge in [-0.25, -0.2) is 0 Å². The minimum Gasteiger partial charge on any atom is -0.480 e.